The first-order valence-electron chi connectivity index (χ1n) is 9.03. The van der Waals surface area contributed by atoms with Crippen molar-refractivity contribution in [1.82, 2.24) is 9.62 Å². The lowest BCUT2D eigenvalue weighted by Crippen LogP contribution is -2.47. The van der Waals surface area contributed by atoms with Crippen LogP contribution < -0.4 is 9.62 Å². The summed E-state index contributed by atoms with van der Waals surface area (Å²) < 4.78 is 67.2. The highest BCUT2D eigenvalue weighted by atomic mass is 32.2. The van der Waals surface area contributed by atoms with E-state index in [1.807, 2.05) is 4.90 Å². The van der Waals surface area contributed by atoms with Gasteiger partial charge in [-0.15, -0.1) is 0 Å². The third-order valence-electron chi connectivity index (χ3n) is 4.69. The predicted molar refractivity (Wildman–Crippen MR) is 101 cm³/mol. The number of hydrogen-bond donors (Lipinski definition) is 1. The van der Waals surface area contributed by atoms with Crippen molar-refractivity contribution in [1.29, 1.82) is 0 Å². The van der Waals surface area contributed by atoms with Crippen LogP contribution in [0, 0.1) is 17.5 Å². The summed E-state index contributed by atoms with van der Waals surface area (Å²) >= 11 is 0. The highest BCUT2D eigenvalue weighted by Crippen LogP contribution is 2.20. The largest absolute Gasteiger partial charge is 0.367 e. The molecule has 0 bridgehead atoms. The van der Waals surface area contributed by atoms with Gasteiger partial charge in [0.2, 0.25) is 10.0 Å². The van der Waals surface area contributed by atoms with E-state index in [0.717, 1.165) is 25.2 Å². The number of nitrogens with one attached hydrogen (secondary N) is 1. The van der Waals surface area contributed by atoms with Crippen molar-refractivity contribution < 1.29 is 21.6 Å². The van der Waals surface area contributed by atoms with Gasteiger partial charge < -0.3 is 4.90 Å². The van der Waals surface area contributed by atoms with E-state index in [1.165, 1.54) is 6.07 Å². The van der Waals surface area contributed by atoms with Gasteiger partial charge >= 0.3 is 0 Å². The van der Waals surface area contributed by atoms with Crippen LogP contribution in [0.2, 0.25) is 0 Å². The molecular weight excluding hydrogens is 391 g/mol. The van der Waals surface area contributed by atoms with Crippen LogP contribution in [0.3, 0.4) is 0 Å². The molecule has 9 heteroatoms. The van der Waals surface area contributed by atoms with Gasteiger partial charge in [0.1, 0.15) is 22.3 Å². The molecule has 1 saturated heterocycles. The molecule has 0 spiro atoms. The molecule has 1 fully saturated rings. The van der Waals surface area contributed by atoms with Crippen LogP contribution in [0.1, 0.15) is 6.42 Å². The molecule has 0 saturated carbocycles. The maximum absolute atomic E-state index is 13.9. The maximum Gasteiger partial charge on any atom is 0.243 e. The van der Waals surface area contributed by atoms with Gasteiger partial charge in [0.25, 0.3) is 0 Å². The summed E-state index contributed by atoms with van der Waals surface area (Å²) in [6, 6.07) is 8.98. The highest BCUT2D eigenvalue weighted by molar-refractivity contribution is 7.89. The normalized spacial score (nSPS) is 15.8. The molecule has 2 aromatic rings. The lowest BCUT2D eigenvalue weighted by Gasteiger charge is -2.36. The second-order valence-electron chi connectivity index (χ2n) is 6.61. The molecule has 5 nitrogen and oxygen atoms in total. The molecule has 0 atom stereocenters. The topological polar surface area (TPSA) is 52.7 Å². The van der Waals surface area contributed by atoms with Crippen LogP contribution in [0.4, 0.5) is 18.9 Å². The van der Waals surface area contributed by atoms with E-state index in [1.54, 1.807) is 18.2 Å². The number of nitrogens with zero attached hydrogens (tertiary/aromatic N) is 2. The monoisotopic (exact) mass is 413 g/mol. The number of sulfonamides is 1. The van der Waals surface area contributed by atoms with Crippen LogP contribution in [0.25, 0.3) is 0 Å². The van der Waals surface area contributed by atoms with Gasteiger partial charge in [-0.05, 0) is 43.3 Å². The van der Waals surface area contributed by atoms with Gasteiger partial charge in [0, 0.05) is 32.7 Å². The molecule has 0 amide bonds. The predicted octanol–water partition coefficient (Wildman–Crippen LogP) is 2.59. The Morgan fingerprint density at radius 2 is 1.64 bits per heavy atom. The highest BCUT2D eigenvalue weighted by Gasteiger charge is 2.21. The molecule has 0 aliphatic carbocycles. The summed E-state index contributed by atoms with van der Waals surface area (Å²) in [4.78, 5) is 3.46. The number of halogens is 3. The molecule has 3 rings (SSSR count). The zero-order valence-corrected chi connectivity index (χ0v) is 16.1. The molecule has 1 aliphatic heterocycles. The Labute approximate surface area is 162 Å². The average Bonchev–Trinajstić information content (AvgIpc) is 2.68. The van der Waals surface area contributed by atoms with Crippen molar-refractivity contribution in [2.75, 3.05) is 44.2 Å². The fourth-order valence-electron chi connectivity index (χ4n) is 3.19. The van der Waals surface area contributed by atoms with Gasteiger partial charge in [-0.1, -0.05) is 12.1 Å². The fourth-order valence-corrected chi connectivity index (χ4v) is 4.35. The van der Waals surface area contributed by atoms with Crippen molar-refractivity contribution >= 4 is 15.7 Å². The first kappa shape index (κ1) is 20.6. The fraction of sp³-hybridized carbons (Fsp3) is 0.368. The van der Waals surface area contributed by atoms with Gasteiger partial charge in [-0.2, -0.15) is 0 Å². The Hall–Kier alpha value is -2.10. The number of piperazine rings is 1. The summed E-state index contributed by atoms with van der Waals surface area (Å²) in [5, 5.41) is 0. The first-order valence-corrected chi connectivity index (χ1v) is 10.5. The summed E-state index contributed by atoms with van der Waals surface area (Å²) in [6.07, 6.45) is 0.524. The van der Waals surface area contributed by atoms with Crippen molar-refractivity contribution in [3.05, 3.63) is 59.9 Å². The number of anilines is 1. The summed E-state index contributed by atoms with van der Waals surface area (Å²) in [5.41, 5.74) is 0.590. The van der Waals surface area contributed by atoms with Gasteiger partial charge in [-0.25, -0.2) is 26.3 Å². The lowest BCUT2D eigenvalue weighted by atomic mass is 10.2. The molecule has 1 N–H and O–H groups in total. The lowest BCUT2D eigenvalue weighted by molar-refractivity contribution is 0.255. The van der Waals surface area contributed by atoms with Crippen molar-refractivity contribution in [2.45, 2.75) is 11.3 Å². The smallest absolute Gasteiger partial charge is 0.243 e. The second kappa shape index (κ2) is 8.93. The van der Waals surface area contributed by atoms with Gasteiger partial charge in [0.05, 0.1) is 5.69 Å². The molecule has 0 aromatic heterocycles. The second-order valence-corrected chi connectivity index (χ2v) is 8.34. The Balaban J connectivity index is 1.44. The molecule has 2 aromatic carbocycles. The molecule has 0 radical (unpaired) electrons. The third kappa shape index (κ3) is 5.03. The molecular formula is C19H22F3N3O2S. The first-order chi connectivity index (χ1) is 13.4. The molecule has 28 heavy (non-hydrogen) atoms. The molecule has 0 unspecified atom stereocenters. The van der Waals surface area contributed by atoms with Crippen molar-refractivity contribution in [3.63, 3.8) is 0 Å². The van der Waals surface area contributed by atoms with Gasteiger partial charge in [-0.3, -0.25) is 4.90 Å². The van der Waals surface area contributed by atoms with Crippen molar-refractivity contribution in [2.24, 2.45) is 0 Å². The number of rotatable bonds is 7. The third-order valence-corrected chi connectivity index (χ3v) is 6.17. The summed E-state index contributed by atoms with van der Waals surface area (Å²) in [5.74, 6) is -2.04. The van der Waals surface area contributed by atoms with Crippen LogP contribution in [-0.2, 0) is 10.0 Å². The number of benzene rings is 2. The Morgan fingerprint density at radius 1 is 0.929 bits per heavy atom. The Kier molecular flexibility index (Phi) is 6.58. The zero-order chi connectivity index (χ0) is 20.1. The SMILES string of the molecule is O=S(=O)(NCCCN1CCN(c2ccccc2F)CC1)c1cc(F)ccc1F. The van der Waals surface area contributed by atoms with E-state index in [-0.39, 0.29) is 12.4 Å². The van der Waals surface area contributed by atoms with Crippen LogP contribution in [-0.4, -0.2) is 52.6 Å². The minimum absolute atomic E-state index is 0.117. The Morgan fingerprint density at radius 3 is 2.36 bits per heavy atom. The molecule has 1 aliphatic rings. The minimum atomic E-state index is -4.10. The Bertz CT molecular complexity index is 916. The molecule has 152 valence electrons. The summed E-state index contributed by atoms with van der Waals surface area (Å²) in [6.45, 7) is 3.60. The minimum Gasteiger partial charge on any atom is -0.367 e. The van der Waals surface area contributed by atoms with E-state index in [0.29, 0.717) is 37.8 Å². The van der Waals surface area contributed by atoms with Crippen LogP contribution in [0.15, 0.2) is 47.4 Å². The van der Waals surface area contributed by atoms with Crippen LogP contribution in [0.5, 0.6) is 0 Å². The van der Waals surface area contributed by atoms with E-state index in [4.69, 9.17) is 0 Å². The van der Waals surface area contributed by atoms with Crippen LogP contribution >= 0.6 is 0 Å². The standard InChI is InChI=1S/C19H22F3N3O2S/c20-15-6-7-17(22)19(14-15)28(26,27)23-8-3-9-24-10-12-25(13-11-24)18-5-2-1-4-16(18)21/h1-2,4-7,14,23H,3,8-13H2. The average molecular weight is 413 g/mol. The van der Waals surface area contributed by atoms with E-state index in [9.17, 15) is 21.6 Å². The number of para-hydroxylation sites is 1. The zero-order valence-electron chi connectivity index (χ0n) is 15.2. The number of hydrogen-bond acceptors (Lipinski definition) is 4. The van der Waals surface area contributed by atoms with E-state index >= 15 is 0 Å². The van der Waals surface area contributed by atoms with Gasteiger partial charge in [0.15, 0.2) is 0 Å². The van der Waals surface area contributed by atoms with E-state index in [2.05, 4.69) is 9.62 Å². The quantitative estimate of drug-likeness (QED) is 0.709. The summed E-state index contributed by atoms with van der Waals surface area (Å²) in [7, 11) is -4.10. The van der Waals surface area contributed by atoms with Crippen molar-refractivity contribution in [3.8, 4) is 0 Å². The molecule has 1 heterocycles. The maximum atomic E-state index is 13.9. The van der Waals surface area contributed by atoms with E-state index < -0.39 is 26.6 Å².